The summed E-state index contributed by atoms with van der Waals surface area (Å²) in [7, 11) is 3.25. The first-order valence-corrected chi connectivity index (χ1v) is 12.7. The molecule has 5 rings (SSSR count). The molecule has 3 aromatic rings. The number of hydrogen-bond acceptors (Lipinski definition) is 11. The van der Waals surface area contributed by atoms with E-state index in [0.717, 1.165) is 55.4 Å². The van der Waals surface area contributed by atoms with Crippen molar-refractivity contribution >= 4 is 39.0 Å². The Morgan fingerprint density at radius 3 is 2.64 bits per heavy atom. The van der Waals surface area contributed by atoms with Crippen molar-refractivity contribution in [2.24, 2.45) is 0 Å². The average molecular weight is 511 g/mol. The van der Waals surface area contributed by atoms with Crippen molar-refractivity contribution in [1.82, 2.24) is 20.4 Å². The molecule has 2 N–H and O–H groups in total. The quantitative estimate of drug-likeness (QED) is 0.445. The van der Waals surface area contributed by atoms with Crippen LogP contribution in [0.5, 0.6) is 0 Å². The molecule has 1 aromatic carbocycles. The maximum absolute atomic E-state index is 13.0. The minimum atomic E-state index is -0.760. The second-order valence-electron chi connectivity index (χ2n) is 8.98. The Morgan fingerprint density at radius 2 is 1.89 bits per heavy atom. The molecule has 0 aliphatic carbocycles. The predicted octanol–water partition coefficient (Wildman–Crippen LogP) is 2.49. The molecule has 2 aromatic heterocycles. The van der Waals surface area contributed by atoms with Crippen molar-refractivity contribution in [3.8, 4) is 0 Å². The highest BCUT2D eigenvalue weighted by molar-refractivity contribution is 7.19. The topological polar surface area (TPSA) is 118 Å². The summed E-state index contributed by atoms with van der Waals surface area (Å²) in [6, 6.07) is 12.0. The standard InChI is InChI=1S/C24H30N8O3S/c1-15-7-8-20(28-27-15)31-10-9-17(12-31)25-23-29-30-24(36-23)26-22(33)21(35-3)16-5-4-6-18(11-16)32-13-19(14-32)34-2/h4-8,11,17,19,21H,9-10,12-14H2,1-3H3,(H,25,29)(H,26,30,33)/t17-,21-/m1/s1. The molecule has 2 fully saturated rings. The molecule has 1 amide bonds. The summed E-state index contributed by atoms with van der Waals surface area (Å²) >= 11 is 1.30. The zero-order chi connectivity index (χ0) is 25.1. The van der Waals surface area contributed by atoms with Gasteiger partial charge in [0.15, 0.2) is 11.9 Å². The lowest BCUT2D eigenvalue weighted by molar-refractivity contribution is -0.126. The molecule has 0 radical (unpaired) electrons. The summed E-state index contributed by atoms with van der Waals surface area (Å²) < 4.78 is 10.9. The van der Waals surface area contributed by atoms with Crippen LogP contribution in [-0.4, -0.2) is 78.8 Å². The number of aromatic nitrogens is 4. The maximum atomic E-state index is 13.0. The van der Waals surface area contributed by atoms with Crippen LogP contribution < -0.4 is 20.4 Å². The number of aryl methyl sites for hydroxylation is 1. The fourth-order valence-electron chi connectivity index (χ4n) is 4.40. The molecule has 190 valence electrons. The fourth-order valence-corrected chi connectivity index (χ4v) is 5.13. The Balaban J connectivity index is 1.17. The molecule has 11 nitrogen and oxygen atoms in total. The summed E-state index contributed by atoms with van der Waals surface area (Å²) in [5.74, 6) is 0.582. The van der Waals surface area contributed by atoms with Crippen LogP contribution in [0.2, 0.25) is 0 Å². The number of benzene rings is 1. The van der Waals surface area contributed by atoms with Gasteiger partial charge in [0, 0.05) is 52.1 Å². The van der Waals surface area contributed by atoms with E-state index in [-0.39, 0.29) is 18.1 Å². The molecule has 0 bridgehead atoms. The Hall–Kier alpha value is -3.35. The van der Waals surface area contributed by atoms with Gasteiger partial charge in [-0.2, -0.15) is 5.10 Å². The molecule has 0 saturated carbocycles. The van der Waals surface area contributed by atoms with Crippen LogP contribution in [0.4, 0.5) is 21.8 Å². The maximum Gasteiger partial charge on any atom is 0.259 e. The first-order chi connectivity index (χ1) is 17.5. The van der Waals surface area contributed by atoms with Gasteiger partial charge in [0.05, 0.1) is 11.8 Å². The molecule has 0 unspecified atom stereocenters. The number of ether oxygens (including phenoxy) is 2. The summed E-state index contributed by atoms with van der Waals surface area (Å²) in [5, 5.41) is 24.1. The van der Waals surface area contributed by atoms with Crippen molar-refractivity contribution in [2.75, 3.05) is 60.8 Å². The monoisotopic (exact) mass is 510 g/mol. The minimum absolute atomic E-state index is 0.207. The van der Waals surface area contributed by atoms with Gasteiger partial charge in [0.25, 0.3) is 5.91 Å². The summed E-state index contributed by atoms with van der Waals surface area (Å²) in [4.78, 5) is 17.4. The van der Waals surface area contributed by atoms with Crippen molar-refractivity contribution in [3.63, 3.8) is 0 Å². The Kier molecular flexibility index (Phi) is 7.25. The van der Waals surface area contributed by atoms with Crippen LogP contribution in [0, 0.1) is 6.92 Å². The largest absolute Gasteiger partial charge is 0.378 e. The second-order valence-corrected chi connectivity index (χ2v) is 9.96. The molecule has 12 heteroatoms. The van der Waals surface area contributed by atoms with Crippen LogP contribution in [-0.2, 0) is 14.3 Å². The van der Waals surface area contributed by atoms with E-state index in [1.54, 1.807) is 7.11 Å². The summed E-state index contributed by atoms with van der Waals surface area (Å²) in [5.41, 5.74) is 2.72. The van der Waals surface area contributed by atoms with Crippen molar-refractivity contribution in [3.05, 3.63) is 47.7 Å². The number of carbonyl (C=O) groups is 1. The molecule has 2 aliphatic rings. The van der Waals surface area contributed by atoms with Gasteiger partial charge in [-0.25, -0.2) is 0 Å². The van der Waals surface area contributed by atoms with Crippen LogP contribution in [0.25, 0.3) is 0 Å². The minimum Gasteiger partial charge on any atom is -0.378 e. The van der Waals surface area contributed by atoms with Crippen LogP contribution in [0.3, 0.4) is 0 Å². The molecule has 4 heterocycles. The van der Waals surface area contributed by atoms with Gasteiger partial charge in [-0.1, -0.05) is 23.5 Å². The van der Waals surface area contributed by atoms with E-state index in [0.29, 0.717) is 10.3 Å². The number of nitrogens with one attached hydrogen (secondary N) is 2. The van der Waals surface area contributed by atoms with E-state index in [1.165, 1.54) is 18.4 Å². The number of amides is 1. The third kappa shape index (κ3) is 5.40. The highest BCUT2D eigenvalue weighted by Crippen LogP contribution is 2.29. The number of hydrogen-bond donors (Lipinski definition) is 2. The van der Waals surface area contributed by atoms with E-state index in [2.05, 4.69) is 40.8 Å². The van der Waals surface area contributed by atoms with Gasteiger partial charge in [-0.15, -0.1) is 15.3 Å². The highest BCUT2D eigenvalue weighted by atomic mass is 32.1. The number of rotatable bonds is 9. The molecular formula is C24H30N8O3S. The third-order valence-corrected chi connectivity index (χ3v) is 7.24. The van der Waals surface area contributed by atoms with Crippen LogP contribution >= 0.6 is 11.3 Å². The third-order valence-electron chi connectivity index (χ3n) is 6.47. The van der Waals surface area contributed by atoms with E-state index in [4.69, 9.17) is 9.47 Å². The molecule has 2 aliphatic heterocycles. The van der Waals surface area contributed by atoms with Gasteiger partial charge in [-0.3, -0.25) is 10.1 Å². The first-order valence-electron chi connectivity index (χ1n) is 11.9. The Morgan fingerprint density at radius 1 is 1.06 bits per heavy atom. The van der Waals surface area contributed by atoms with E-state index < -0.39 is 6.10 Å². The smallest absolute Gasteiger partial charge is 0.259 e. The van der Waals surface area contributed by atoms with E-state index >= 15 is 0 Å². The molecule has 36 heavy (non-hydrogen) atoms. The van der Waals surface area contributed by atoms with Crippen molar-refractivity contribution in [1.29, 1.82) is 0 Å². The fraction of sp³-hybridized carbons (Fsp3) is 0.458. The van der Waals surface area contributed by atoms with Gasteiger partial charge < -0.3 is 24.6 Å². The first kappa shape index (κ1) is 24.3. The zero-order valence-electron chi connectivity index (χ0n) is 20.5. The van der Waals surface area contributed by atoms with Crippen molar-refractivity contribution in [2.45, 2.75) is 31.6 Å². The van der Waals surface area contributed by atoms with Crippen LogP contribution in [0.1, 0.15) is 23.8 Å². The van der Waals surface area contributed by atoms with Crippen LogP contribution in [0.15, 0.2) is 36.4 Å². The zero-order valence-corrected chi connectivity index (χ0v) is 21.4. The second kappa shape index (κ2) is 10.7. The predicted molar refractivity (Wildman–Crippen MR) is 139 cm³/mol. The number of nitrogens with zero attached hydrogens (tertiary/aromatic N) is 6. The molecular weight excluding hydrogens is 480 g/mol. The van der Waals surface area contributed by atoms with Gasteiger partial charge >= 0.3 is 0 Å². The van der Waals surface area contributed by atoms with E-state index in [9.17, 15) is 4.79 Å². The number of methoxy groups -OCH3 is 2. The highest BCUT2D eigenvalue weighted by Gasteiger charge is 2.29. The molecule has 2 atom stereocenters. The van der Waals surface area contributed by atoms with Gasteiger partial charge in [-0.05, 0) is 43.2 Å². The number of carbonyl (C=O) groups excluding carboxylic acids is 1. The normalized spacial score (nSPS) is 18.7. The van der Waals surface area contributed by atoms with Gasteiger partial charge in [0.2, 0.25) is 10.3 Å². The lowest BCUT2D eigenvalue weighted by atomic mass is 10.0. The molecule has 0 spiro atoms. The lowest BCUT2D eigenvalue weighted by Gasteiger charge is -2.40. The van der Waals surface area contributed by atoms with Gasteiger partial charge in [0.1, 0.15) is 0 Å². The van der Waals surface area contributed by atoms with E-state index in [1.807, 2.05) is 43.3 Å². The Labute approximate surface area is 213 Å². The molecule has 2 saturated heterocycles. The Bertz CT molecular complexity index is 1180. The summed E-state index contributed by atoms with van der Waals surface area (Å²) in [6.45, 7) is 5.27. The number of anilines is 4. The average Bonchev–Trinajstić information content (AvgIpc) is 3.49. The summed E-state index contributed by atoms with van der Waals surface area (Å²) in [6.07, 6.45) is 0.434. The van der Waals surface area contributed by atoms with Crippen molar-refractivity contribution < 1.29 is 14.3 Å². The lowest BCUT2D eigenvalue weighted by Crippen LogP contribution is -2.51. The SMILES string of the molecule is COC1CN(c2cccc([C@@H](OC)C(=O)Nc3nnc(N[C@@H]4CCN(c5ccc(C)nn5)C4)s3)c2)C1.